The highest BCUT2D eigenvalue weighted by Crippen LogP contribution is 2.07. The van der Waals surface area contributed by atoms with E-state index in [-0.39, 0.29) is 5.91 Å². The fourth-order valence-corrected chi connectivity index (χ4v) is 1.71. The molecule has 79 valence electrons. The van der Waals surface area contributed by atoms with Crippen molar-refractivity contribution in [2.24, 2.45) is 0 Å². The normalized spacial score (nSPS) is 17.8. The van der Waals surface area contributed by atoms with E-state index in [2.05, 4.69) is 7.05 Å². The van der Waals surface area contributed by atoms with Gasteiger partial charge in [-0.25, -0.2) is 0 Å². The number of carbonyl (C=O) groups excluding carboxylic acids is 1. The van der Waals surface area contributed by atoms with Gasteiger partial charge in [0.05, 0.1) is 0 Å². The SMILES string of the molecule is [CH2]N1CCN(C(=O)c2ccccc2)CC1. The van der Waals surface area contributed by atoms with Gasteiger partial charge >= 0.3 is 0 Å². The van der Waals surface area contributed by atoms with Gasteiger partial charge in [0.2, 0.25) is 0 Å². The number of rotatable bonds is 1. The minimum Gasteiger partial charge on any atom is -0.336 e. The molecule has 3 nitrogen and oxygen atoms in total. The van der Waals surface area contributed by atoms with Crippen molar-refractivity contribution >= 4 is 5.91 Å². The molecule has 1 radical (unpaired) electrons. The molecule has 3 heteroatoms. The third kappa shape index (κ3) is 2.36. The number of hydrogen-bond acceptors (Lipinski definition) is 2. The molecule has 1 aromatic carbocycles. The third-order valence-corrected chi connectivity index (χ3v) is 2.68. The molecular formula is C12H15N2O. The molecule has 1 amide bonds. The van der Waals surface area contributed by atoms with Gasteiger partial charge in [0.15, 0.2) is 0 Å². The average molecular weight is 203 g/mol. The highest BCUT2D eigenvalue weighted by Gasteiger charge is 2.19. The fourth-order valence-electron chi connectivity index (χ4n) is 1.71. The van der Waals surface area contributed by atoms with E-state index in [9.17, 15) is 4.79 Å². The average Bonchev–Trinajstić information content (AvgIpc) is 2.30. The van der Waals surface area contributed by atoms with Crippen LogP contribution in [0.4, 0.5) is 0 Å². The van der Waals surface area contributed by atoms with Crippen LogP contribution in [0.15, 0.2) is 30.3 Å². The van der Waals surface area contributed by atoms with Crippen molar-refractivity contribution in [3.8, 4) is 0 Å². The number of hydrogen-bond donors (Lipinski definition) is 0. The van der Waals surface area contributed by atoms with Crippen molar-refractivity contribution < 1.29 is 4.79 Å². The lowest BCUT2D eigenvalue weighted by Crippen LogP contribution is -2.46. The maximum absolute atomic E-state index is 12.0. The van der Waals surface area contributed by atoms with Crippen LogP contribution in [0.5, 0.6) is 0 Å². The summed E-state index contributed by atoms with van der Waals surface area (Å²) in [5, 5.41) is 0. The predicted octanol–water partition coefficient (Wildman–Crippen LogP) is 1.24. The summed E-state index contributed by atoms with van der Waals surface area (Å²) in [6, 6.07) is 9.43. The molecule has 15 heavy (non-hydrogen) atoms. The van der Waals surface area contributed by atoms with E-state index in [1.54, 1.807) is 0 Å². The number of nitrogens with zero attached hydrogens (tertiary/aromatic N) is 2. The Morgan fingerprint density at radius 3 is 2.27 bits per heavy atom. The Labute approximate surface area is 90.3 Å². The molecule has 1 aromatic rings. The molecule has 0 N–H and O–H groups in total. The zero-order valence-corrected chi connectivity index (χ0v) is 8.72. The Bertz CT molecular complexity index is 329. The van der Waals surface area contributed by atoms with E-state index in [1.165, 1.54) is 0 Å². The van der Waals surface area contributed by atoms with Gasteiger partial charge in [0.25, 0.3) is 5.91 Å². The second kappa shape index (κ2) is 4.45. The molecule has 1 aliphatic rings. The van der Waals surface area contributed by atoms with Gasteiger partial charge in [-0.3, -0.25) is 9.69 Å². The van der Waals surface area contributed by atoms with Crippen LogP contribution in [-0.4, -0.2) is 41.9 Å². The first-order valence-electron chi connectivity index (χ1n) is 5.17. The first-order valence-corrected chi connectivity index (χ1v) is 5.17. The summed E-state index contributed by atoms with van der Waals surface area (Å²) in [7, 11) is 3.86. The minimum absolute atomic E-state index is 0.128. The summed E-state index contributed by atoms with van der Waals surface area (Å²) in [5.74, 6) is 0.128. The van der Waals surface area contributed by atoms with Gasteiger partial charge < -0.3 is 4.90 Å². The Morgan fingerprint density at radius 1 is 1.07 bits per heavy atom. The minimum atomic E-state index is 0.128. The molecule has 0 aliphatic carbocycles. The van der Waals surface area contributed by atoms with Gasteiger partial charge in [-0.2, -0.15) is 0 Å². The van der Waals surface area contributed by atoms with Gasteiger partial charge in [-0.05, 0) is 12.1 Å². The summed E-state index contributed by atoms with van der Waals surface area (Å²) in [5.41, 5.74) is 0.773. The quantitative estimate of drug-likeness (QED) is 0.685. The standard InChI is InChI=1S/C12H15N2O/c1-13-7-9-14(10-8-13)12(15)11-5-3-2-4-6-11/h2-6H,1,7-10H2. The van der Waals surface area contributed by atoms with Crippen LogP contribution in [0.2, 0.25) is 0 Å². The Hall–Kier alpha value is -1.35. The Balaban J connectivity index is 2.03. The van der Waals surface area contributed by atoms with Crippen molar-refractivity contribution in [2.75, 3.05) is 26.2 Å². The van der Waals surface area contributed by atoms with Crippen LogP contribution in [0.25, 0.3) is 0 Å². The van der Waals surface area contributed by atoms with Crippen molar-refractivity contribution in [3.63, 3.8) is 0 Å². The maximum Gasteiger partial charge on any atom is 0.253 e. The van der Waals surface area contributed by atoms with Crippen LogP contribution >= 0.6 is 0 Å². The van der Waals surface area contributed by atoms with Crippen molar-refractivity contribution in [2.45, 2.75) is 0 Å². The predicted molar refractivity (Wildman–Crippen MR) is 59.3 cm³/mol. The van der Waals surface area contributed by atoms with Crippen molar-refractivity contribution in [3.05, 3.63) is 42.9 Å². The third-order valence-electron chi connectivity index (χ3n) is 2.68. The van der Waals surface area contributed by atoms with Gasteiger partial charge in [-0.1, -0.05) is 18.2 Å². The van der Waals surface area contributed by atoms with E-state index in [4.69, 9.17) is 0 Å². The van der Waals surface area contributed by atoms with E-state index in [1.807, 2.05) is 40.1 Å². The largest absolute Gasteiger partial charge is 0.336 e. The second-order valence-electron chi connectivity index (χ2n) is 3.78. The zero-order chi connectivity index (χ0) is 10.7. The Kier molecular flexibility index (Phi) is 3.02. The molecule has 1 aliphatic heterocycles. The summed E-state index contributed by atoms with van der Waals surface area (Å²) in [6.45, 7) is 3.27. The highest BCUT2D eigenvalue weighted by atomic mass is 16.2. The molecule has 0 aromatic heterocycles. The van der Waals surface area contributed by atoms with E-state index in [0.29, 0.717) is 0 Å². The first-order chi connectivity index (χ1) is 7.27. The molecule has 2 rings (SSSR count). The molecule has 0 spiro atoms. The van der Waals surface area contributed by atoms with Gasteiger partial charge in [-0.15, -0.1) is 0 Å². The molecule has 1 heterocycles. The van der Waals surface area contributed by atoms with Crippen LogP contribution in [0.1, 0.15) is 10.4 Å². The lowest BCUT2D eigenvalue weighted by Gasteiger charge is -2.32. The molecule has 1 saturated heterocycles. The van der Waals surface area contributed by atoms with Crippen LogP contribution in [0.3, 0.4) is 0 Å². The zero-order valence-electron chi connectivity index (χ0n) is 8.72. The fraction of sp³-hybridized carbons (Fsp3) is 0.333. The summed E-state index contributed by atoms with van der Waals surface area (Å²) >= 11 is 0. The van der Waals surface area contributed by atoms with Crippen LogP contribution in [0, 0.1) is 7.05 Å². The lowest BCUT2D eigenvalue weighted by atomic mass is 10.2. The molecule has 0 atom stereocenters. The van der Waals surface area contributed by atoms with E-state index >= 15 is 0 Å². The van der Waals surface area contributed by atoms with Crippen LogP contribution in [-0.2, 0) is 0 Å². The maximum atomic E-state index is 12.0. The van der Waals surface area contributed by atoms with Crippen molar-refractivity contribution in [1.29, 1.82) is 0 Å². The summed E-state index contributed by atoms with van der Waals surface area (Å²) in [4.78, 5) is 15.9. The lowest BCUT2D eigenvalue weighted by molar-refractivity contribution is 0.0677. The molecule has 0 unspecified atom stereocenters. The Morgan fingerprint density at radius 2 is 1.67 bits per heavy atom. The number of benzene rings is 1. The summed E-state index contributed by atoms with van der Waals surface area (Å²) in [6.07, 6.45) is 0. The van der Waals surface area contributed by atoms with Gasteiger partial charge in [0, 0.05) is 38.8 Å². The first kappa shape index (κ1) is 10.2. The topological polar surface area (TPSA) is 23.6 Å². The number of amides is 1. The number of carbonyl (C=O) groups is 1. The van der Waals surface area contributed by atoms with Crippen LogP contribution < -0.4 is 0 Å². The molecule has 0 bridgehead atoms. The van der Waals surface area contributed by atoms with Crippen molar-refractivity contribution in [1.82, 2.24) is 9.80 Å². The summed E-state index contributed by atoms with van der Waals surface area (Å²) < 4.78 is 0. The molecular weight excluding hydrogens is 188 g/mol. The second-order valence-corrected chi connectivity index (χ2v) is 3.78. The monoisotopic (exact) mass is 203 g/mol. The number of piperazine rings is 1. The highest BCUT2D eigenvalue weighted by molar-refractivity contribution is 5.94. The smallest absolute Gasteiger partial charge is 0.253 e. The van der Waals surface area contributed by atoms with E-state index in [0.717, 1.165) is 31.7 Å². The molecule has 0 saturated carbocycles. The van der Waals surface area contributed by atoms with E-state index < -0.39 is 0 Å². The van der Waals surface area contributed by atoms with Gasteiger partial charge in [0.1, 0.15) is 0 Å². The molecule has 1 fully saturated rings.